The first-order valence-electron chi connectivity index (χ1n) is 7.47. The standard InChI is InChI=1S/C18H22FNO/c1-3-13-21-17-11-9-16(10-12-17)20-18(4-2)14-5-7-15(19)8-6-14/h5-12,18,20H,3-4,13H2,1-2H3. The molecule has 2 rings (SSSR count). The fraction of sp³-hybridized carbons (Fsp3) is 0.333. The van der Waals surface area contributed by atoms with Crippen molar-refractivity contribution in [1.29, 1.82) is 0 Å². The van der Waals surface area contributed by atoms with Crippen molar-refractivity contribution in [2.75, 3.05) is 11.9 Å². The van der Waals surface area contributed by atoms with Gasteiger partial charge in [-0.3, -0.25) is 0 Å². The van der Waals surface area contributed by atoms with Crippen LogP contribution in [0.5, 0.6) is 5.75 Å². The minimum Gasteiger partial charge on any atom is -0.494 e. The van der Waals surface area contributed by atoms with Crippen molar-refractivity contribution >= 4 is 5.69 Å². The smallest absolute Gasteiger partial charge is 0.123 e. The number of nitrogens with one attached hydrogen (secondary N) is 1. The first-order valence-corrected chi connectivity index (χ1v) is 7.47. The Hall–Kier alpha value is -2.03. The predicted octanol–water partition coefficient (Wildman–Crippen LogP) is 5.18. The maximum atomic E-state index is 13.0. The second-order valence-corrected chi connectivity index (χ2v) is 5.03. The van der Waals surface area contributed by atoms with Gasteiger partial charge in [0.2, 0.25) is 0 Å². The van der Waals surface area contributed by atoms with E-state index in [4.69, 9.17) is 4.74 Å². The number of hydrogen-bond acceptors (Lipinski definition) is 2. The molecule has 21 heavy (non-hydrogen) atoms. The summed E-state index contributed by atoms with van der Waals surface area (Å²) in [5, 5.41) is 3.47. The van der Waals surface area contributed by atoms with E-state index in [1.54, 1.807) is 0 Å². The molecule has 2 nitrogen and oxygen atoms in total. The molecule has 0 aromatic heterocycles. The number of benzene rings is 2. The zero-order chi connectivity index (χ0) is 15.1. The lowest BCUT2D eigenvalue weighted by atomic mass is 10.0. The third kappa shape index (κ3) is 4.48. The molecule has 0 amide bonds. The van der Waals surface area contributed by atoms with Crippen molar-refractivity contribution in [1.82, 2.24) is 0 Å². The molecule has 0 spiro atoms. The molecule has 0 radical (unpaired) electrons. The highest BCUT2D eigenvalue weighted by atomic mass is 19.1. The Morgan fingerprint density at radius 2 is 1.67 bits per heavy atom. The number of hydrogen-bond donors (Lipinski definition) is 1. The molecule has 1 atom stereocenters. The van der Waals surface area contributed by atoms with Crippen molar-refractivity contribution < 1.29 is 9.13 Å². The van der Waals surface area contributed by atoms with Crippen molar-refractivity contribution in [2.24, 2.45) is 0 Å². The summed E-state index contributed by atoms with van der Waals surface area (Å²) >= 11 is 0. The molecule has 112 valence electrons. The molecule has 0 fully saturated rings. The lowest BCUT2D eigenvalue weighted by Gasteiger charge is -2.19. The summed E-state index contributed by atoms with van der Waals surface area (Å²) < 4.78 is 18.6. The molecule has 0 heterocycles. The second-order valence-electron chi connectivity index (χ2n) is 5.03. The van der Waals surface area contributed by atoms with Crippen LogP contribution in [0.1, 0.15) is 38.3 Å². The molecule has 0 aliphatic rings. The molecule has 1 N–H and O–H groups in total. The quantitative estimate of drug-likeness (QED) is 0.757. The highest BCUT2D eigenvalue weighted by Gasteiger charge is 2.09. The van der Waals surface area contributed by atoms with E-state index in [1.165, 1.54) is 12.1 Å². The molecule has 3 heteroatoms. The van der Waals surface area contributed by atoms with E-state index in [0.717, 1.165) is 36.4 Å². The molecule has 1 unspecified atom stereocenters. The fourth-order valence-corrected chi connectivity index (χ4v) is 2.18. The minimum absolute atomic E-state index is 0.174. The minimum atomic E-state index is -0.203. The van der Waals surface area contributed by atoms with Crippen LogP contribution >= 0.6 is 0 Å². The fourth-order valence-electron chi connectivity index (χ4n) is 2.18. The SMILES string of the molecule is CCCOc1ccc(NC(CC)c2ccc(F)cc2)cc1. The third-order valence-electron chi connectivity index (χ3n) is 3.35. The number of anilines is 1. The van der Waals surface area contributed by atoms with Crippen LogP contribution in [0.2, 0.25) is 0 Å². The van der Waals surface area contributed by atoms with Crippen LogP contribution < -0.4 is 10.1 Å². The average molecular weight is 287 g/mol. The van der Waals surface area contributed by atoms with Crippen LogP contribution in [0, 0.1) is 5.82 Å². The Morgan fingerprint density at radius 1 is 1.00 bits per heavy atom. The van der Waals surface area contributed by atoms with Gasteiger partial charge in [0.05, 0.1) is 12.6 Å². The van der Waals surface area contributed by atoms with Crippen LogP contribution in [0.15, 0.2) is 48.5 Å². The Morgan fingerprint density at radius 3 is 2.24 bits per heavy atom. The Balaban J connectivity index is 2.02. The van der Waals surface area contributed by atoms with Crippen molar-refractivity contribution in [3.8, 4) is 5.75 Å². The van der Waals surface area contributed by atoms with Gasteiger partial charge in [0.1, 0.15) is 11.6 Å². The van der Waals surface area contributed by atoms with Crippen molar-refractivity contribution in [2.45, 2.75) is 32.7 Å². The summed E-state index contributed by atoms with van der Waals surface area (Å²) in [5.41, 5.74) is 2.13. The van der Waals surface area contributed by atoms with E-state index in [0.29, 0.717) is 0 Å². The largest absolute Gasteiger partial charge is 0.494 e. The van der Waals surface area contributed by atoms with Gasteiger partial charge in [0.15, 0.2) is 0 Å². The zero-order valence-electron chi connectivity index (χ0n) is 12.6. The Kier molecular flexibility index (Phi) is 5.61. The van der Waals surface area contributed by atoms with Gasteiger partial charge >= 0.3 is 0 Å². The lowest BCUT2D eigenvalue weighted by molar-refractivity contribution is 0.317. The Labute approximate surface area is 126 Å². The summed E-state index contributed by atoms with van der Waals surface area (Å²) in [4.78, 5) is 0. The molecule has 0 saturated heterocycles. The van der Waals surface area contributed by atoms with Gasteiger partial charge in [0.25, 0.3) is 0 Å². The second kappa shape index (κ2) is 7.67. The monoisotopic (exact) mass is 287 g/mol. The first-order chi connectivity index (χ1) is 10.2. The van der Waals surface area contributed by atoms with E-state index in [1.807, 2.05) is 36.4 Å². The van der Waals surface area contributed by atoms with Crippen LogP contribution in [-0.4, -0.2) is 6.61 Å². The van der Waals surface area contributed by atoms with Gasteiger partial charge in [-0.2, -0.15) is 0 Å². The number of halogens is 1. The maximum Gasteiger partial charge on any atom is 0.123 e. The first kappa shape index (κ1) is 15.4. The molecular weight excluding hydrogens is 265 g/mol. The number of ether oxygens (including phenoxy) is 1. The molecule has 0 aliphatic carbocycles. The molecule has 0 saturated carbocycles. The summed E-state index contributed by atoms with van der Waals surface area (Å²) in [5.74, 6) is 0.684. The van der Waals surface area contributed by atoms with E-state index >= 15 is 0 Å². The summed E-state index contributed by atoms with van der Waals surface area (Å²) in [6.45, 7) is 4.93. The van der Waals surface area contributed by atoms with Crippen LogP contribution in [0.3, 0.4) is 0 Å². The molecule has 2 aromatic rings. The zero-order valence-corrected chi connectivity index (χ0v) is 12.6. The molecule has 2 aromatic carbocycles. The number of rotatable bonds is 7. The summed E-state index contributed by atoms with van der Waals surface area (Å²) in [7, 11) is 0. The van der Waals surface area contributed by atoms with Crippen molar-refractivity contribution in [3.05, 3.63) is 59.9 Å². The Bertz CT molecular complexity index is 536. The van der Waals surface area contributed by atoms with E-state index in [-0.39, 0.29) is 11.9 Å². The summed E-state index contributed by atoms with van der Waals surface area (Å²) in [6, 6.07) is 14.8. The van der Waals surface area contributed by atoms with E-state index in [2.05, 4.69) is 19.2 Å². The van der Waals surface area contributed by atoms with Gasteiger partial charge in [-0.15, -0.1) is 0 Å². The lowest BCUT2D eigenvalue weighted by Crippen LogP contribution is -2.09. The third-order valence-corrected chi connectivity index (χ3v) is 3.35. The van der Waals surface area contributed by atoms with Crippen LogP contribution in [-0.2, 0) is 0 Å². The topological polar surface area (TPSA) is 21.3 Å². The average Bonchev–Trinajstić information content (AvgIpc) is 2.53. The highest BCUT2D eigenvalue weighted by Crippen LogP contribution is 2.24. The molecule has 0 aliphatic heterocycles. The van der Waals surface area contributed by atoms with E-state index < -0.39 is 0 Å². The maximum absolute atomic E-state index is 13.0. The van der Waals surface area contributed by atoms with Gasteiger partial charge < -0.3 is 10.1 Å². The normalized spacial score (nSPS) is 12.0. The molecular formula is C18H22FNO. The van der Waals surface area contributed by atoms with E-state index in [9.17, 15) is 4.39 Å². The van der Waals surface area contributed by atoms with Crippen LogP contribution in [0.4, 0.5) is 10.1 Å². The van der Waals surface area contributed by atoms with Crippen molar-refractivity contribution in [3.63, 3.8) is 0 Å². The van der Waals surface area contributed by atoms with Gasteiger partial charge in [-0.1, -0.05) is 26.0 Å². The molecule has 0 bridgehead atoms. The summed E-state index contributed by atoms with van der Waals surface area (Å²) in [6.07, 6.45) is 1.93. The predicted molar refractivity (Wildman–Crippen MR) is 85.3 cm³/mol. The highest BCUT2D eigenvalue weighted by molar-refractivity contribution is 5.48. The van der Waals surface area contributed by atoms with Gasteiger partial charge in [-0.25, -0.2) is 4.39 Å². The van der Waals surface area contributed by atoms with Crippen LogP contribution in [0.25, 0.3) is 0 Å². The van der Waals surface area contributed by atoms with Gasteiger partial charge in [-0.05, 0) is 54.8 Å². The van der Waals surface area contributed by atoms with Gasteiger partial charge in [0, 0.05) is 5.69 Å².